The zero-order valence-electron chi connectivity index (χ0n) is 11.6. The lowest BCUT2D eigenvalue weighted by molar-refractivity contribution is 0.305. The minimum absolute atomic E-state index is 0.661. The molecule has 0 unspecified atom stereocenters. The van der Waals surface area contributed by atoms with Gasteiger partial charge >= 0.3 is 0 Å². The molecule has 2 rings (SSSR count). The summed E-state index contributed by atoms with van der Waals surface area (Å²) in [6, 6.07) is 0.768. The zero-order valence-corrected chi connectivity index (χ0v) is 11.6. The minimum Gasteiger partial charge on any atom is -0.432 e. The fourth-order valence-corrected chi connectivity index (χ4v) is 2.01. The number of rotatable bonds is 5. The quantitative estimate of drug-likeness (QED) is 0.852. The Balaban J connectivity index is 1.82. The van der Waals surface area contributed by atoms with Crippen molar-refractivity contribution >= 4 is 6.01 Å². The lowest BCUT2D eigenvalue weighted by Crippen LogP contribution is -2.44. The summed E-state index contributed by atoms with van der Waals surface area (Å²) in [7, 11) is 2.15. The van der Waals surface area contributed by atoms with Crippen molar-refractivity contribution in [2.45, 2.75) is 20.4 Å². The van der Waals surface area contributed by atoms with Crippen LogP contribution in [-0.4, -0.2) is 49.7 Å². The highest BCUT2D eigenvalue weighted by molar-refractivity contribution is 5.27. The lowest BCUT2D eigenvalue weighted by Gasteiger charge is -2.31. The van der Waals surface area contributed by atoms with E-state index in [-0.39, 0.29) is 0 Å². The van der Waals surface area contributed by atoms with Gasteiger partial charge in [0.25, 0.3) is 6.01 Å². The van der Waals surface area contributed by atoms with E-state index in [4.69, 9.17) is 4.42 Å². The molecule has 1 aromatic rings. The molecule has 0 atom stereocenters. The standard InChI is InChI=1S/C13H24N4O/c1-11(2)8-14-9-12-10-18-13(15-12)17-6-4-16(3)5-7-17/h10-11,14H,4-9H2,1-3H3. The summed E-state index contributed by atoms with van der Waals surface area (Å²) in [6.07, 6.45) is 1.76. The Hall–Kier alpha value is -1.07. The summed E-state index contributed by atoms with van der Waals surface area (Å²) in [5.41, 5.74) is 0.990. The van der Waals surface area contributed by atoms with E-state index < -0.39 is 0 Å². The van der Waals surface area contributed by atoms with Crippen LogP contribution in [-0.2, 0) is 6.54 Å². The summed E-state index contributed by atoms with van der Waals surface area (Å²) < 4.78 is 5.55. The molecule has 1 saturated heterocycles. The maximum atomic E-state index is 5.55. The van der Waals surface area contributed by atoms with E-state index in [1.165, 1.54) is 0 Å². The summed E-state index contributed by atoms with van der Waals surface area (Å²) in [4.78, 5) is 9.07. The number of piperazine rings is 1. The molecule has 0 spiro atoms. The van der Waals surface area contributed by atoms with Crippen molar-refractivity contribution in [1.82, 2.24) is 15.2 Å². The predicted octanol–water partition coefficient (Wildman–Crippen LogP) is 1.17. The molecule has 1 aliphatic rings. The Kier molecular flexibility index (Phi) is 4.60. The molecule has 0 aromatic carbocycles. The Morgan fingerprint density at radius 2 is 2.06 bits per heavy atom. The second-order valence-electron chi connectivity index (χ2n) is 5.44. The highest BCUT2D eigenvalue weighted by Gasteiger charge is 2.18. The molecular formula is C13H24N4O. The van der Waals surface area contributed by atoms with Gasteiger partial charge in [0.2, 0.25) is 0 Å². The Bertz CT molecular complexity index is 356. The van der Waals surface area contributed by atoms with Crippen molar-refractivity contribution in [2.75, 3.05) is 44.7 Å². The summed E-state index contributed by atoms with van der Waals surface area (Å²) in [6.45, 7) is 10.3. The third kappa shape index (κ3) is 3.71. The van der Waals surface area contributed by atoms with Crippen molar-refractivity contribution in [3.63, 3.8) is 0 Å². The first kappa shape index (κ1) is 13.4. The molecule has 0 bridgehead atoms. The van der Waals surface area contributed by atoms with Crippen LogP contribution in [0.25, 0.3) is 0 Å². The Labute approximate surface area is 109 Å². The van der Waals surface area contributed by atoms with Gasteiger partial charge in [-0.25, -0.2) is 0 Å². The molecule has 18 heavy (non-hydrogen) atoms. The van der Waals surface area contributed by atoms with E-state index in [1.807, 2.05) is 0 Å². The largest absolute Gasteiger partial charge is 0.432 e. The first-order chi connectivity index (χ1) is 8.65. The molecule has 0 amide bonds. The normalized spacial score (nSPS) is 17.7. The van der Waals surface area contributed by atoms with Gasteiger partial charge in [0.05, 0.1) is 5.69 Å². The molecule has 1 aliphatic heterocycles. The van der Waals surface area contributed by atoms with Crippen molar-refractivity contribution in [2.24, 2.45) is 5.92 Å². The van der Waals surface area contributed by atoms with E-state index in [2.05, 4.69) is 41.0 Å². The molecule has 0 radical (unpaired) electrons. The molecule has 1 aromatic heterocycles. The van der Waals surface area contributed by atoms with Crippen LogP contribution in [0.1, 0.15) is 19.5 Å². The van der Waals surface area contributed by atoms with Crippen LogP contribution in [0.15, 0.2) is 10.7 Å². The third-order valence-corrected chi connectivity index (χ3v) is 3.17. The average Bonchev–Trinajstić information content (AvgIpc) is 2.78. The number of nitrogens with zero attached hydrogens (tertiary/aromatic N) is 3. The number of anilines is 1. The maximum Gasteiger partial charge on any atom is 0.297 e. The number of hydrogen-bond donors (Lipinski definition) is 1. The van der Waals surface area contributed by atoms with Crippen LogP contribution >= 0.6 is 0 Å². The van der Waals surface area contributed by atoms with Gasteiger partial charge in [-0.2, -0.15) is 4.98 Å². The Morgan fingerprint density at radius 3 is 2.72 bits per heavy atom. The molecule has 1 fully saturated rings. The van der Waals surface area contributed by atoms with Gasteiger partial charge in [0, 0.05) is 32.7 Å². The molecule has 0 aliphatic carbocycles. The van der Waals surface area contributed by atoms with Gasteiger partial charge in [-0.3, -0.25) is 0 Å². The van der Waals surface area contributed by atoms with Crippen molar-refractivity contribution in [3.8, 4) is 0 Å². The minimum atomic E-state index is 0.661. The van der Waals surface area contributed by atoms with Gasteiger partial charge in [0.1, 0.15) is 6.26 Å². The van der Waals surface area contributed by atoms with Crippen LogP contribution in [0.5, 0.6) is 0 Å². The van der Waals surface area contributed by atoms with Crippen molar-refractivity contribution in [3.05, 3.63) is 12.0 Å². The van der Waals surface area contributed by atoms with Crippen LogP contribution in [0.4, 0.5) is 6.01 Å². The smallest absolute Gasteiger partial charge is 0.297 e. The van der Waals surface area contributed by atoms with Gasteiger partial charge in [-0.15, -0.1) is 0 Å². The van der Waals surface area contributed by atoms with Crippen LogP contribution in [0, 0.1) is 5.92 Å². The fourth-order valence-electron chi connectivity index (χ4n) is 2.01. The first-order valence-corrected chi connectivity index (χ1v) is 6.74. The van der Waals surface area contributed by atoms with Crippen LogP contribution < -0.4 is 10.2 Å². The van der Waals surface area contributed by atoms with Gasteiger partial charge in [0.15, 0.2) is 0 Å². The number of hydrogen-bond acceptors (Lipinski definition) is 5. The highest BCUT2D eigenvalue weighted by Crippen LogP contribution is 2.15. The number of aromatic nitrogens is 1. The number of nitrogens with one attached hydrogen (secondary N) is 1. The number of likely N-dealkylation sites (N-methyl/N-ethyl adjacent to an activating group) is 1. The van der Waals surface area contributed by atoms with E-state index in [1.54, 1.807) is 6.26 Å². The average molecular weight is 252 g/mol. The Morgan fingerprint density at radius 1 is 1.33 bits per heavy atom. The SMILES string of the molecule is CC(C)CNCc1coc(N2CCN(C)CC2)n1. The molecule has 5 heteroatoms. The summed E-state index contributed by atoms with van der Waals surface area (Å²) in [5, 5.41) is 3.38. The van der Waals surface area contributed by atoms with Crippen LogP contribution in [0.3, 0.4) is 0 Å². The van der Waals surface area contributed by atoms with Crippen molar-refractivity contribution < 1.29 is 4.42 Å². The zero-order chi connectivity index (χ0) is 13.0. The highest BCUT2D eigenvalue weighted by atomic mass is 16.4. The molecule has 102 valence electrons. The predicted molar refractivity (Wildman–Crippen MR) is 72.8 cm³/mol. The second-order valence-corrected chi connectivity index (χ2v) is 5.44. The van der Waals surface area contributed by atoms with E-state index in [9.17, 15) is 0 Å². The van der Waals surface area contributed by atoms with Crippen LogP contribution in [0.2, 0.25) is 0 Å². The molecule has 0 saturated carbocycles. The van der Waals surface area contributed by atoms with Gasteiger partial charge < -0.3 is 19.5 Å². The van der Waals surface area contributed by atoms with E-state index in [0.717, 1.165) is 51.0 Å². The third-order valence-electron chi connectivity index (χ3n) is 3.17. The van der Waals surface area contributed by atoms with E-state index >= 15 is 0 Å². The molecule has 1 N–H and O–H groups in total. The maximum absolute atomic E-state index is 5.55. The van der Waals surface area contributed by atoms with Crippen molar-refractivity contribution in [1.29, 1.82) is 0 Å². The van der Waals surface area contributed by atoms with Gasteiger partial charge in [-0.05, 0) is 19.5 Å². The topological polar surface area (TPSA) is 44.5 Å². The number of oxazole rings is 1. The first-order valence-electron chi connectivity index (χ1n) is 6.74. The fraction of sp³-hybridized carbons (Fsp3) is 0.769. The summed E-state index contributed by atoms with van der Waals surface area (Å²) in [5.74, 6) is 0.661. The lowest BCUT2D eigenvalue weighted by atomic mass is 10.2. The molecule has 5 nitrogen and oxygen atoms in total. The molecule has 2 heterocycles. The second kappa shape index (κ2) is 6.20. The van der Waals surface area contributed by atoms with E-state index in [0.29, 0.717) is 5.92 Å². The molecular weight excluding hydrogens is 228 g/mol. The monoisotopic (exact) mass is 252 g/mol. The summed E-state index contributed by atoms with van der Waals surface area (Å²) >= 11 is 0. The van der Waals surface area contributed by atoms with Gasteiger partial charge in [-0.1, -0.05) is 13.8 Å².